The molecule has 0 aliphatic rings. The highest BCUT2D eigenvalue weighted by Crippen LogP contribution is 2.35. The monoisotopic (exact) mass is 262 g/mol. The van der Waals surface area contributed by atoms with Gasteiger partial charge in [0.15, 0.2) is 11.6 Å². The van der Waals surface area contributed by atoms with Crippen molar-refractivity contribution in [3.05, 3.63) is 27.5 Å². The van der Waals surface area contributed by atoms with E-state index in [-0.39, 0.29) is 18.3 Å². The molecule has 0 amide bonds. The summed E-state index contributed by atoms with van der Waals surface area (Å²) in [6.07, 6.45) is 0. The van der Waals surface area contributed by atoms with Crippen LogP contribution in [0.4, 0.5) is 4.39 Å². The van der Waals surface area contributed by atoms with E-state index in [1.54, 1.807) is 13.8 Å². The Kier molecular flexibility index (Phi) is 3.50. The van der Waals surface area contributed by atoms with Gasteiger partial charge in [-0.2, -0.15) is 0 Å². The van der Waals surface area contributed by atoms with Gasteiger partial charge in [0.05, 0.1) is 0 Å². The SMILES string of the molecule is Cc1c(Br)cc(F)c(O)c1C(C)CO. The number of benzene rings is 1. The Hall–Kier alpha value is -0.610. The Balaban J connectivity index is 3.39. The second-order valence-corrected chi connectivity index (χ2v) is 4.17. The Bertz CT molecular complexity index is 326. The van der Waals surface area contributed by atoms with E-state index >= 15 is 0 Å². The second-order valence-electron chi connectivity index (χ2n) is 3.31. The van der Waals surface area contributed by atoms with Gasteiger partial charge < -0.3 is 10.2 Å². The maximum absolute atomic E-state index is 13.2. The molecule has 14 heavy (non-hydrogen) atoms. The molecule has 1 aromatic rings. The molecule has 1 aromatic carbocycles. The van der Waals surface area contributed by atoms with Gasteiger partial charge in [-0.15, -0.1) is 0 Å². The largest absolute Gasteiger partial charge is 0.505 e. The Labute approximate surface area is 90.5 Å². The van der Waals surface area contributed by atoms with Gasteiger partial charge in [0.2, 0.25) is 0 Å². The lowest BCUT2D eigenvalue weighted by Crippen LogP contribution is -2.03. The third-order valence-electron chi connectivity index (χ3n) is 2.26. The molecule has 0 saturated carbocycles. The molecule has 0 spiro atoms. The van der Waals surface area contributed by atoms with E-state index in [0.717, 1.165) is 5.56 Å². The van der Waals surface area contributed by atoms with Crippen molar-refractivity contribution in [2.75, 3.05) is 6.61 Å². The second kappa shape index (κ2) is 4.28. The number of aliphatic hydroxyl groups excluding tert-OH is 1. The van der Waals surface area contributed by atoms with Crippen LogP contribution in [0.5, 0.6) is 5.75 Å². The van der Waals surface area contributed by atoms with Crippen LogP contribution < -0.4 is 0 Å². The highest BCUT2D eigenvalue weighted by molar-refractivity contribution is 9.10. The molecule has 1 atom stereocenters. The molecule has 1 rings (SSSR count). The van der Waals surface area contributed by atoms with Crippen LogP contribution in [0.1, 0.15) is 24.0 Å². The van der Waals surface area contributed by atoms with Crippen LogP contribution in [0.3, 0.4) is 0 Å². The first kappa shape index (κ1) is 11.5. The lowest BCUT2D eigenvalue weighted by atomic mass is 9.96. The number of hydrogen-bond donors (Lipinski definition) is 2. The van der Waals surface area contributed by atoms with Gasteiger partial charge in [-0.05, 0) is 18.6 Å². The van der Waals surface area contributed by atoms with E-state index in [2.05, 4.69) is 15.9 Å². The summed E-state index contributed by atoms with van der Waals surface area (Å²) in [4.78, 5) is 0. The van der Waals surface area contributed by atoms with Crippen LogP contribution in [0.2, 0.25) is 0 Å². The van der Waals surface area contributed by atoms with Crippen LogP contribution in [-0.2, 0) is 0 Å². The molecule has 0 fully saturated rings. The topological polar surface area (TPSA) is 40.5 Å². The fourth-order valence-corrected chi connectivity index (χ4v) is 1.83. The third kappa shape index (κ3) is 1.91. The number of aliphatic hydroxyl groups is 1. The lowest BCUT2D eigenvalue weighted by Gasteiger charge is -2.15. The first-order valence-corrected chi connectivity index (χ1v) is 5.06. The van der Waals surface area contributed by atoms with Crippen molar-refractivity contribution in [3.63, 3.8) is 0 Å². The lowest BCUT2D eigenvalue weighted by molar-refractivity contribution is 0.269. The molecule has 78 valence electrons. The summed E-state index contributed by atoms with van der Waals surface area (Å²) in [5.74, 6) is -1.31. The number of hydrogen-bond acceptors (Lipinski definition) is 2. The van der Waals surface area contributed by atoms with Crippen molar-refractivity contribution in [2.24, 2.45) is 0 Å². The summed E-state index contributed by atoms with van der Waals surface area (Å²) in [5, 5.41) is 18.5. The maximum Gasteiger partial charge on any atom is 0.166 e. The minimum atomic E-state index is -0.669. The summed E-state index contributed by atoms with van der Waals surface area (Å²) >= 11 is 3.20. The summed E-state index contributed by atoms with van der Waals surface area (Å²) in [6, 6.07) is 1.22. The van der Waals surface area contributed by atoms with Crippen LogP contribution in [0.25, 0.3) is 0 Å². The number of rotatable bonds is 2. The fraction of sp³-hybridized carbons (Fsp3) is 0.400. The first-order valence-electron chi connectivity index (χ1n) is 4.27. The molecule has 0 saturated heterocycles. The van der Waals surface area contributed by atoms with Gasteiger partial charge in [-0.1, -0.05) is 22.9 Å². The Morgan fingerprint density at radius 3 is 2.64 bits per heavy atom. The van der Waals surface area contributed by atoms with Crippen molar-refractivity contribution in [1.29, 1.82) is 0 Å². The molecule has 1 unspecified atom stereocenters. The van der Waals surface area contributed by atoms with Crippen LogP contribution in [0.15, 0.2) is 10.5 Å². The summed E-state index contributed by atoms with van der Waals surface area (Å²) in [7, 11) is 0. The fourth-order valence-electron chi connectivity index (χ4n) is 1.42. The van der Waals surface area contributed by atoms with E-state index in [4.69, 9.17) is 5.11 Å². The quantitative estimate of drug-likeness (QED) is 0.861. The minimum Gasteiger partial charge on any atom is -0.505 e. The molecule has 4 heteroatoms. The molecule has 0 radical (unpaired) electrons. The molecule has 0 aliphatic heterocycles. The van der Waals surface area contributed by atoms with E-state index in [9.17, 15) is 9.50 Å². The summed E-state index contributed by atoms with van der Waals surface area (Å²) < 4.78 is 13.8. The Morgan fingerprint density at radius 2 is 2.14 bits per heavy atom. The molecular formula is C10H12BrFO2. The van der Waals surface area contributed by atoms with Gasteiger partial charge in [0, 0.05) is 22.6 Å². The summed E-state index contributed by atoms with van der Waals surface area (Å²) in [5.41, 5.74) is 1.21. The van der Waals surface area contributed by atoms with Gasteiger partial charge in [0.25, 0.3) is 0 Å². The number of aromatic hydroxyl groups is 1. The zero-order valence-electron chi connectivity index (χ0n) is 8.01. The zero-order valence-corrected chi connectivity index (χ0v) is 9.60. The maximum atomic E-state index is 13.2. The van der Waals surface area contributed by atoms with Crippen LogP contribution >= 0.6 is 15.9 Å². The first-order chi connectivity index (χ1) is 6.49. The molecule has 0 heterocycles. The molecule has 0 aliphatic carbocycles. The van der Waals surface area contributed by atoms with E-state index in [0.29, 0.717) is 10.0 Å². The van der Waals surface area contributed by atoms with Crippen LogP contribution in [0, 0.1) is 12.7 Å². The minimum absolute atomic E-state index is 0.121. The molecule has 2 N–H and O–H groups in total. The van der Waals surface area contributed by atoms with E-state index < -0.39 is 5.82 Å². The Morgan fingerprint density at radius 1 is 1.57 bits per heavy atom. The highest BCUT2D eigenvalue weighted by atomic mass is 79.9. The third-order valence-corrected chi connectivity index (χ3v) is 3.09. The predicted molar refractivity (Wildman–Crippen MR) is 56.0 cm³/mol. The van der Waals surface area contributed by atoms with Crippen molar-refractivity contribution in [3.8, 4) is 5.75 Å². The smallest absolute Gasteiger partial charge is 0.166 e. The normalized spacial score (nSPS) is 12.9. The van der Waals surface area contributed by atoms with Gasteiger partial charge in [-0.25, -0.2) is 4.39 Å². The number of halogens is 2. The predicted octanol–water partition coefficient (Wildman–Crippen LogP) is 2.70. The van der Waals surface area contributed by atoms with Crippen molar-refractivity contribution >= 4 is 15.9 Å². The number of phenols is 1. The highest BCUT2D eigenvalue weighted by Gasteiger charge is 2.18. The van der Waals surface area contributed by atoms with Gasteiger partial charge >= 0.3 is 0 Å². The van der Waals surface area contributed by atoms with E-state index in [1.165, 1.54) is 6.07 Å². The van der Waals surface area contributed by atoms with Gasteiger partial charge in [0.1, 0.15) is 0 Å². The van der Waals surface area contributed by atoms with Gasteiger partial charge in [-0.3, -0.25) is 0 Å². The summed E-state index contributed by atoms with van der Waals surface area (Å²) in [6.45, 7) is 3.38. The number of phenolic OH excluding ortho intramolecular Hbond substituents is 1. The van der Waals surface area contributed by atoms with Crippen molar-refractivity contribution < 1.29 is 14.6 Å². The van der Waals surface area contributed by atoms with Crippen molar-refractivity contribution in [1.82, 2.24) is 0 Å². The molecule has 2 nitrogen and oxygen atoms in total. The molecule has 0 bridgehead atoms. The standard InChI is InChI=1S/C10H12BrFO2/c1-5(4-13)9-6(2)7(11)3-8(12)10(9)14/h3,5,13-14H,4H2,1-2H3. The van der Waals surface area contributed by atoms with Crippen molar-refractivity contribution in [2.45, 2.75) is 19.8 Å². The average Bonchev–Trinajstić information content (AvgIpc) is 2.15. The molecule has 0 aromatic heterocycles. The zero-order chi connectivity index (χ0) is 10.9. The average molecular weight is 263 g/mol. The van der Waals surface area contributed by atoms with E-state index in [1.807, 2.05) is 0 Å². The van der Waals surface area contributed by atoms with Crippen LogP contribution in [-0.4, -0.2) is 16.8 Å². The molecular weight excluding hydrogens is 251 g/mol.